The second-order valence-corrected chi connectivity index (χ2v) is 9.39. The number of rotatable bonds is 7. The maximum atomic E-state index is 13.4. The number of hydrogen-bond donors (Lipinski definition) is 2. The molecule has 1 unspecified atom stereocenters. The SMILES string of the molecule is O=C(CC1SC(=Nc2ccc(F)cc2)N(Cc2ccc3c(c2)OCO3)C1=O)Nc1ccc(C(=O)O)cc1. The number of halogens is 1. The number of anilines is 1. The Hall–Kier alpha value is -4.38. The molecule has 2 N–H and O–H groups in total. The Morgan fingerprint density at radius 2 is 1.78 bits per heavy atom. The third-order valence-electron chi connectivity index (χ3n) is 5.64. The Morgan fingerprint density at radius 3 is 2.51 bits per heavy atom. The number of carbonyl (C=O) groups is 3. The Labute approximate surface area is 214 Å². The van der Waals surface area contributed by atoms with Crippen LogP contribution in [0.3, 0.4) is 0 Å². The number of amidine groups is 1. The monoisotopic (exact) mass is 521 g/mol. The molecule has 3 aromatic carbocycles. The van der Waals surface area contributed by atoms with Gasteiger partial charge in [-0.1, -0.05) is 17.8 Å². The van der Waals surface area contributed by atoms with Gasteiger partial charge in [-0.2, -0.15) is 0 Å². The van der Waals surface area contributed by atoms with Gasteiger partial charge in [-0.3, -0.25) is 14.5 Å². The highest BCUT2D eigenvalue weighted by molar-refractivity contribution is 8.15. The number of thioether (sulfide) groups is 1. The summed E-state index contributed by atoms with van der Waals surface area (Å²) in [6.45, 7) is 0.321. The molecule has 5 rings (SSSR count). The summed E-state index contributed by atoms with van der Waals surface area (Å²) in [5.41, 5.74) is 1.77. The van der Waals surface area contributed by atoms with Crippen LogP contribution < -0.4 is 14.8 Å². The van der Waals surface area contributed by atoms with Crippen LogP contribution in [0.4, 0.5) is 15.8 Å². The third kappa shape index (κ3) is 5.56. The van der Waals surface area contributed by atoms with Crippen LogP contribution in [-0.2, 0) is 16.1 Å². The van der Waals surface area contributed by atoms with Crippen LogP contribution in [-0.4, -0.2) is 45.0 Å². The Kier molecular flexibility index (Phi) is 6.78. The van der Waals surface area contributed by atoms with Crippen LogP contribution in [0.5, 0.6) is 11.5 Å². The van der Waals surface area contributed by atoms with Gasteiger partial charge in [-0.05, 0) is 66.2 Å². The summed E-state index contributed by atoms with van der Waals surface area (Å²) in [4.78, 5) is 43.1. The van der Waals surface area contributed by atoms with Crippen molar-refractivity contribution in [3.63, 3.8) is 0 Å². The molecule has 2 aliphatic rings. The highest BCUT2D eigenvalue weighted by Crippen LogP contribution is 2.36. The van der Waals surface area contributed by atoms with Crippen molar-refractivity contribution in [2.24, 2.45) is 4.99 Å². The number of fused-ring (bicyclic) bond motifs is 1. The van der Waals surface area contributed by atoms with Gasteiger partial charge in [0.2, 0.25) is 18.6 Å². The maximum Gasteiger partial charge on any atom is 0.335 e. The normalized spacial score (nSPS) is 17.3. The molecule has 37 heavy (non-hydrogen) atoms. The zero-order valence-electron chi connectivity index (χ0n) is 19.2. The number of aliphatic imine (C=N–C) groups is 1. The van der Waals surface area contributed by atoms with Gasteiger partial charge in [0, 0.05) is 12.1 Å². The number of amides is 2. The van der Waals surface area contributed by atoms with Crippen molar-refractivity contribution < 1.29 is 33.4 Å². The topological polar surface area (TPSA) is 118 Å². The lowest BCUT2D eigenvalue weighted by atomic mass is 10.1. The van der Waals surface area contributed by atoms with Crippen LogP contribution in [0.25, 0.3) is 0 Å². The van der Waals surface area contributed by atoms with Crippen LogP contribution in [0.2, 0.25) is 0 Å². The van der Waals surface area contributed by atoms with E-state index in [0.29, 0.717) is 28.0 Å². The first-order chi connectivity index (χ1) is 17.9. The number of hydrogen-bond acceptors (Lipinski definition) is 7. The molecule has 0 spiro atoms. The first-order valence-electron chi connectivity index (χ1n) is 11.2. The fourth-order valence-electron chi connectivity index (χ4n) is 3.80. The number of nitrogens with zero attached hydrogens (tertiary/aromatic N) is 2. The van der Waals surface area contributed by atoms with Gasteiger partial charge >= 0.3 is 5.97 Å². The molecule has 0 aliphatic carbocycles. The molecule has 1 atom stereocenters. The first kappa shape index (κ1) is 24.3. The zero-order chi connectivity index (χ0) is 25.9. The molecule has 188 valence electrons. The number of ether oxygens (including phenoxy) is 2. The minimum absolute atomic E-state index is 0.0975. The minimum atomic E-state index is -1.07. The van der Waals surface area contributed by atoms with E-state index in [1.165, 1.54) is 53.4 Å². The quantitative estimate of drug-likeness (QED) is 0.473. The Balaban J connectivity index is 1.34. The van der Waals surface area contributed by atoms with E-state index in [2.05, 4.69) is 10.3 Å². The van der Waals surface area contributed by atoms with Crippen LogP contribution in [0.15, 0.2) is 71.7 Å². The predicted molar refractivity (Wildman–Crippen MR) is 135 cm³/mol. The molecule has 0 aromatic heterocycles. The molecule has 2 aliphatic heterocycles. The summed E-state index contributed by atoms with van der Waals surface area (Å²) in [6, 6.07) is 16.7. The molecule has 1 saturated heterocycles. The zero-order valence-corrected chi connectivity index (χ0v) is 20.0. The Bertz CT molecular complexity index is 1390. The average Bonchev–Trinajstić information content (AvgIpc) is 3.46. The number of nitrogens with one attached hydrogen (secondary N) is 1. The van der Waals surface area contributed by atoms with E-state index in [1.54, 1.807) is 12.1 Å². The van der Waals surface area contributed by atoms with E-state index in [-0.39, 0.29) is 31.2 Å². The molecule has 0 radical (unpaired) electrons. The molecular weight excluding hydrogens is 501 g/mol. The lowest BCUT2D eigenvalue weighted by Crippen LogP contribution is -2.33. The van der Waals surface area contributed by atoms with E-state index < -0.39 is 22.9 Å². The number of carboxylic acid groups (broad SMARTS) is 1. The van der Waals surface area contributed by atoms with Crippen molar-refractivity contribution in [3.8, 4) is 11.5 Å². The van der Waals surface area contributed by atoms with Gasteiger partial charge in [0.1, 0.15) is 11.1 Å². The summed E-state index contributed by atoms with van der Waals surface area (Å²) < 4.78 is 24.1. The minimum Gasteiger partial charge on any atom is -0.478 e. The maximum absolute atomic E-state index is 13.4. The van der Waals surface area contributed by atoms with Gasteiger partial charge in [-0.15, -0.1) is 0 Å². The van der Waals surface area contributed by atoms with Crippen LogP contribution >= 0.6 is 11.8 Å². The number of carboxylic acids is 1. The predicted octanol–water partition coefficient (Wildman–Crippen LogP) is 4.41. The highest BCUT2D eigenvalue weighted by Gasteiger charge is 2.39. The molecule has 11 heteroatoms. The second kappa shape index (κ2) is 10.3. The van der Waals surface area contributed by atoms with Crippen molar-refractivity contribution in [3.05, 3.63) is 83.7 Å². The fraction of sp³-hybridized carbons (Fsp3) is 0.154. The third-order valence-corrected chi connectivity index (χ3v) is 6.81. The molecular formula is C26H20FN3O6S. The van der Waals surface area contributed by atoms with Crippen molar-refractivity contribution in [1.82, 2.24) is 4.90 Å². The van der Waals surface area contributed by atoms with Gasteiger partial charge in [0.05, 0.1) is 17.8 Å². The van der Waals surface area contributed by atoms with Gasteiger partial charge in [0.25, 0.3) is 0 Å². The summed E-state index contributed by atoms with van der Waals surface area (Å²) in [5.74, 6) is -0.959. The number of benzene rings is 3. The lowest BCUT2D eigenvalue weighted by molar-refractivity contribution is -0.128. The van der Waals surface area contributed by atoms with Gasteiger partial charge in [0.15, 0.2) is 16.7 Å². The molecule has 2 heterocycles. The van der Waals surface area contributed by atoms with Gasteiger partial charge in [-0.25, -0.2) is 14.2 Å². The largest absolute Gasteiger partial charge is 0.478 e. The van der Waals surface area contributed by atoms with E-state index in [1.807, 2.05) is 6.07 Å². The molecule has 2 amide bonds. The van der Waals surface area contributed by atoms with Crippen LogP contribution in [0.1, 0.15) is 22.3 Å². The van der Waals surface area contributed by atoms with Gasteiger partial charge < -0.3 is 19.9 Å². The molecule has 0 saturated carbocycles. The van der Waals surface area contributed by atoms with Crippen molar-refractivity contribution in [2.45, 2.75) is 18.2 Å². The summed E-state index contributed by atoms with van der Waals surface area (Å²) in [7, 11) is 0. The van der Waals surface area contributed by atoms with Crippen LogP contribution in [0, 0.1) is 5.82 Å². The number of carbonyl (C=O) groups excluding carboxylic acids is 2. The molecule has 1 fully saturated rings. The lowest BCUT2D eigenvalue weighted by Gasteiger charge is -2.17. The highest BCUT2D eigenvalue weighted by atomic mass is 32.2. The molecule has 3 aromatic rings. The first-order valence-corrected chi connectivity index (χ1v) is 12.1. The van der Waals surface area contributed by atoms with Crippen molar-refractivity contribution in [1.29, 1.82) is 0 Å². The summed E-state index contributed by atoms with van der Waals surface area (Å²) in [6.07, 6.45) is -0.121. The molecule has 0 bridgehead atoms. The van der Waals surface area contributed by atoms with E-state index in [4.69, 9.17) is 14.6 Å². The van der Waals surface area contributed by atoms with Crippen molar-refractivity contribution in [2.75, 3.05) is 12.1 Å². The van der Waals surface area contributed by atoms with E-state index in [0.717, 1.165) is 17.3 Å². The average molecular weight is 522 g/mol. The fourth-order valence-corrected chi connectivity index (χ4v) is 4.95. The molecule has 9 nitrogen and oxygen atoms in total. The smallest absolute Gasteiger partial charge is 0.335 e. The van der Waals surface area contributed by atoms with Crippen molar-refractivity contribution >= 4 is 46.1 Å². The summed E-state index contributed by atoms with van der Waals surface area (Å²) >= 11 is 1.15. The standard InChI is InChI=1S/C26H20FN3O6S/c27-17-4-8-19(9-5-17)29-26-30(13-15-1-10-20-21(11-15)36-14-35-20)24(32)22(37-26)12-23(31)28-18-6-2-16(3-7-18)25(33)34/h1-11,22H,12-14H2,(H,28,31)(H,33,34). The Morgan fingerprint density at radius 1 is 1.05 bits per heavy atom. The van der Waals surface area contributed by atoms with E-state index in [9.17, 15) is 18.8 Å². The van der Waals surface area contributed by atoms with E-state index >= 15 is 0 Å². The summed E-state index contributed by atoms with van der Waals surface area (Å²) in [5, 5.41) is 11.4. The number of aromatic carboxylic acids is 1. The second-order valence-electron chi connectivity index (χ2n) is 8.22.